The molecule has 6 nitrogen and oxygen atoms in total. The summed E-state index contributed by atoms with van der Waals surface area (Å²) in [5, 5.41) is 9.13. The van der Waals surface area contributed by atoms with Crippen molar-refractivity contribution in [3.63, 3.8) is 0 Å². The molecule has 6 heteroatoms. The summed E-state index contributed by atoms with van der Waals surface area (Å²) in [5.41, 5.74) is 0.582. The fraction of sp³-hybridized carbons (Fsp3) is 0.455. The number of rotatable bonds is 2. The van der Waals surface area contributed by atoms with Crippen molar-refractivity contribution in [1.82, 2.24) is 14.9 Å². The van der Waals surface area contributed by atoms with Gasteiger partial charge in [0.15, 0.2) is 0 Å². The number of carboxylic acid groups (broad SMARTS) is 1. The largest absolute Gasteiger partial charge is 0.481 e. The third kappa shape index (κ3) is 1.98. The Kier molecular flexibility index (Phi) is 2.79. The van der Waals surface area contributed by atoms with Gasteiger partial charge in [-0.1, -0.05) is 0 Å². The van der Waals surface area contributed by atoms with E-state index in [1.807, 2.05) is 0 Å². The minimum absolute atomic E-state index is 0.0273. The number of likely N-dealkylation sites (tertiary alicyclic amines) is 1. The molecule has 0 bridgehead atoms. The Morgan fingerprint density at radius 3 is 2.88 bits per heavy atom. The lowest BCUT2D eigenvalue weighted by Crippen LogP contribution is -2.27. The number of carbonyl (C=O) groups excluding carboxylic acids is 1. The van der Waals surface area contributed by atoms with Gasteiger partial charge < -0.3 is 10.0 Å². The van der Waals surface area contributed by atoms with E-state index in [0.29, 0.717) is 11.5 Å². The molecule has 1 aromatic heterocycles. The van der Waals surface area contributed by atoms with Crippen molar-refractivity contribution in [2.45, 2.75) is 19.4 Å². The molecule has 2 unspecified atom stereocenters. The molecule has 0 spiro atoms. The van der Waals surface area contributed by atoms with Crippen molar-refractivity contribution >= 4 is 11.9 Å². The lowest BCUT2D eigenvalue weighted by molar-refractivity contribution is -0.142. The lowest BCUT2D eigenvalue weighted by atomic mass is 9.97. The van der Waals surface area contributed by atoms with Gasteiger partial charge in [-0.3, -0.25) is 9.59 Å². The van der Waals surface area contributed by atoms with Crippen LogP contribution in [0.3, 0.4) is 0 Å². The van der Waals surface area contributed by atoms with E-state index in [9.17, 15) is 9.59 Å². The van der Waals surface area contributed by atoms with Gasteiger partial charge in [-0.05, 0) is 13.0 Å². The maximum Gasteiger partial charge on any atom is 0.309 e. The molecule has 2 atom stereocenters. The average Bonchev–Trinajstić information content (AvgIpc) is 2.56. The highest BCUT2D eigenvalue weighted by Crippen LogP contribution is 2.35. The number of aromatic nitrogens is 2. The van der Waals surface area contributed by atoms with E-state index in [-0.39, 0.29) is 12.3 Å². The van der Waals surface area contributed by atoms with E-state index in [2.05, 4.69) is 9.97 Å². The van der Waals surface area contributed by atoms with Crippen LogP contribution >= 0.6 is 0 Å². The van der Waals surface area contributed by atoms with Crippen molar-refractivity contribution in [2.24, 2.45) is 5.92 Å². The van der Waals surface area contributed by atoms with Crippen molar-refractivity contribution < 1.29 is 14.7 Å². The lowest BCUT2D eigenvalue weighted by Gasteiger charge is -2.22. The molecule has 1 aliphatic heterocycles. The topological polar surface area (TPSA) is 83.4 Å². The molecule has 17 heavy (non-hydrogen) atoms. The van der Waals surface area contributed by atoms with E-state index in [0.717, 1.165) is 0 Å². The van der Waals surface area contributed by atoms with Crippen molar-refractivity contribution in [1.29, 1.82) is 0 Å². The maximum absolute atomic E-state index is 11.6. The van der Waals surface area contributed by atoms with Gasteiger partial charge in [0.2, 0.25) is 5.91 Å². The molecule has 1 aromatic rings. The second-order valence-corrected chi connectivity index (χ2v) is 4.13. The summed E-state index contributed by atoms with van der Waals surface area (Å²) in [7, 11) is 1.60. The average molecular weight is 235 g/mol. The van der Waals surface area contributed by atoms with Crippen LogP contribution in [0.15, 0.2) is 12.3 Å². The fourth-order valence-corrected chi connectivity index (χ4v) is 2.13. The summed E-state index contributed by atoms with van der Waals surface area (Å²) < 4.78 is 0. The van der Waals surface area contributed by atoms with E-state index in [4.69, 9.17) is 5.11 Å². The number of amides is 1. The first-order chi connectivity index (χ1) is 8.00. The predicted octanol–water partition coefficient (Wildman–Crippen LogP) is 0.389. The summed E-state index contributed by atoms with van der Waals surface area (Å²) in [4.78, 5) is 32.3. The Balaban J connectivity index is 2.40. The van der Waals surface area contributed by atoms with E-state index in [1.54, 1.807) is 26.2 Å². The summed E-state index contributed by atoms with van der Waals surface area (Å²) in [6, 6.07) is 1.16. The van der Waals surface area contributed by atoms with Gasteiger partial charge >= 0.3 is 5.97 Å². The zero-order chi connectivity index (χ0) is 12.6. The smallest absolute Gasteiger partial charge is 0.309 e. The van der Waals surface area contributed by atoms with Gasteiger partial charge in [-0.25, -0.2) is 9.97 Å². The second kappa shape index (κ2) is 4.12. The molecule has 0 radical (unpaired) electrons. The van der Waals surface area contributed by atoms with Crippen LogP contribution in [0.4, 0.5) is 0 Å². The summed E-state index contributed by atoms with van der Waals surface area (Å²) >= 11 is 0. The minimum atomic E-state index is -0.969. The molecule has 0 saturated carbocycles. The number of nitrogens with zero attached hydrogens (tertiary/aromatic N) is 3. The van der Waals surface area contributed by atoms with Crippen molar-refractivity contribution in [2.75, 3.05) is 7.05 Å². The van der Waals surface area contributed by atoms with Crippen LogP contribution in [0.1, 0.15) is 24.0 Å². The SMILES string of the molecule is Cc1nccc(C2C(C(=O)O)CC(=O)N2C)n1. The van der Waals surface area contributed by atoms with Gasteiger partial charge in [-0.15, -0.1) is 0 Å². The van der Waals surface area contributed by atoms with Crippen LogP contribution in [-0.4, -0.2) is 38.9 Å². The predicted molar refractivity (Wildman–Crippen MR) is 58.0 cm³/mol. The highest BCUT2D eigenvalue weighted by atomic mass is 16.4. The van der Waals surface area contributed by atoms with Crippen LogP contribution in [-0.2, 0) is 9.59 Å². The molecule has 2 rings (SSSR count). The second-order valence-electron chi connectivity index (χ2n) is 4.13. The molecule has 1 N–H and O–H groups in total. The molecular weight excluding hydrogens is 222 g/mol. The minimum Gasteiger partial charge on any atom is -0.481 e. The highest BCUT2D eigenvalue weighted by Gasteiger charge is 2.43. The van der Waals surface area contributed by atoms with Gasteiger partial charge in [0.05, 0.1) is 17.7 Å². The molecular formula is C11H13N3O3. The third-order valence-corrected chi connectivity index (χ3v) is 3.00. The first-order valence-electron chi connectivity index (χ1n) is 5.28. The monoisotopic (exact) mass is 235 g/mol. The molecule has 0 aliphatic carbocycles. The van der Waals surface area contributed by atoms with Gasteiger partial charge in [0, 0.05) is 19.7 Å². The quantitative estimate of drug-likeness (QED) is 0.801. The Bertz CT molecular complexity index is 475. The van der Waals surface area contributed by atoms with Gasteiger partial charge in [0.1, 0.15) is 5.82 Å². The van der Waals surface area contributed by atoms with Crippen LogP contribution in [0, 0.1) is 12.8 Å². The highest BCUT2D eigenvalue weighted by molar-refractivity contribution is 5.87. The molecule has 90 valence electrons. The van der Waals surface area contributed by atoms with Crippen LogP contribution in [0.5, 0.6) is 0 Å². The summed E-state index contributed by atoms with van der Waals surface area (Å²) in [6.07, 6.45) is 1.60. The Morgan fingerprint density at radius 2 is 2.29 bits per heavy atom. The van der Waals surface area contributed by atoms with Crippen LogP contribution in [0.2, 0.25) is 0 Å². The number of carboxylic acids is 1. The summed E-state index contributed by atoms with van der Waals surface area (Å²) in [6.45, 7) is 1.73. The molecule has 1 saturated heterocycles. The zero-order valence-corrected chi connectivity index (χ0v) is 9.62. The molecule has 1 fully saturated rings. The van der Waals surface area contributed by atoms with Crippen LogP contribution < -0.4 is 0 Å². The van der Waals surface area contributed by atoms with E-state index >= 15 is 0 Å². The van der Waals surface area contributed by atoms with E-state index in [1.165, 1.54) is 4.90 Å². The first-order valence-corrected chi connectivity index (χ1v) is 5.28. The first kappa shape index (κ1) is 11.5. The standard InChI is InChI=1S/C11H13N3O3/c1-6-12-4-3-8(13-6)10-7(11(16)17)5-9(15)14(10)2/h3-4,7,10H,5H2,1-2H3,(H,16,17). The zero-order valence-electron chi connectivity index (χ0n) is 9.62. The normalized spacial score (nSPS) is 24.1. The molecule has 0 aromatic carbocycles. The Labute approximate surface area is 98.3 Å². The number of hydrogen-bond donors (Lipinski definition) is 1. The fourth-order valence-electron chi connectivity index (χ4n) is 2.13. The van der Waals surface area contributed by atoms with Gasteiger partial charge in [0.25, 0.3) is 0 Å². The maximum atomic E-state index is 11.6. The summed E-state index contributed by atoms with van der Waals surface area (Å²) in [5.74, 6) is -1.30. The third-order valence-electron chi connectivity index (χ3n) is 3.00. The number of aryl methyl sites for hydroxylation is 1. The van der Waals surface area contributed by atoms with Gasteiger partial charge in [-0.2, -0.15) is 0 Å². The Morgan fingerprint density at radius 1 is 1.59 bits per heavy atom. The molecule has 2 heterocycles. The van der Waals surface area contributed by atoms with Crippen molar-refractivity contribution in [3.8, 4) is 0 Å². The van der Waals surface area contributed by atoms with Crippen molar-refractivity contribution in [3.05, 3.63) is 23.8 Å². The molecule has 1 aliphatic rings. The van der Waals surface area contributed by atoms with Crippen LogP contribution in [0.25, 0.3) is 0 Å². The number of aliphatic carboxylic acids is 1. The number of carbonyl (C=O) groups is 2. The number of hydrogen-bond acceptors (Lipinski definition) is 4. The molecule has 1 amide bonds. The Hall–Kier alpha value is -1.98. The van der Waals surface area contributed by atoms with E-state index < -0.39 is 17.9 Å².